The van der Waals surface area contributed by atoms with Crippen LogP contribution in [0.1, 0.15) is 0 Å². The molecule has 0 aliphatic heterocycles. The van der Waals surface area contributed by atoms with E-state index >= 15 is 0 Å². The summed E-state index contributed by atoms with van der Waals surface area (Å²) < 4.78 is 34.1. The zero-order valence-corrected chi connectivity index (χ0v) is 11.2. The van der Waals surface area contributed by atoms with Gasteiger partial charge in [0.1, 0.15) is 0 Å². The summed E-state index contributed by atoms with van der Waals surface area (Å²) in [5.74, 6) is 0. The Morgan fingerprint density at radius 1 is 1.17 bits per heavy atom. The molecule has 0 aliphatic carbocycles. The Labute approximate surface area is 114 Å². The summed E-state index contributed by atoms with van der Waals surface area (Å²) in [5.41, 5.74) is 8.50. The summed E-state index contributed by atoms with van der Waals surface area (Å²) in [6.45, 7) is 0. The molecule has 7 nitrogen and oxygen atoms in total. The molecule has 0 aromatic carbocycles. The zero-order valence-electron chi connectivity index (χ0n) is 6.19. The predicted molar refractivity (Wildman–Crippen MR) is 30.0 cm³/mol. The average molecular weight is 239 g/mol. The number of halogens is 1. The molecule has 2 amide bonds. The van der Waals surface area contributed by atoms with Gasteiger partial charge in [0, 0.05) is 10.4 Å². The quantitative estimate of drug-likeness (QED) is 0.244. The maximum absolute atomic E-state index is 9.00. The zero-order chi connectivity index (χ0) is 8.08. The van der Waals surface area contributed by atoms with Crippen molar-refractivity contribution < 1.29 is 64.3 Å². The summed E-state index contributed by atoms with van der Waals surface area (Å²) in [6.07, 6.45) is 0. The summed E-state index contributed by atoms with van der Waals surface area (Å²) >= 11 is 0. The molecule has 0 unspecified atom stereocenters. The first kappa shape index (κ1) is 29.2. The van der Waals surface area contributed by atoms with Crippen molar-refractivity contribution in [1.29, 1.82) is 0 Å². The van der Waals surface area contributed by atoms with Crippen molar-refractivity contribution in [1.82, 2.24) is 0 Å². The van der Waals surface area contributed by atoms with Crippen molar-refractivity contribution in [2.75, 3.05) is 0 Å². The summed E-state index contributed by atoms with van der Waals surface area (Å²) in [5, 5.41) is 0. The molecule has 0 atom stereocenters. The minimum atomic E-state index is -5.17. The van der Waals surface area contributed by atoms with Gasteiger partial charge >= 0.3 is 58.6 Å². The molecule has 0 spiro atoms. The van der Waals surface area contributed by atoms with E-state index in [1.165, 1.54) is 0 Å². The second-order valence-electron chi connectivity index (χ2n) is 0.811. The van der Waals surface area contributed by atoms with Crippen LogP contribution in [0.15, 0.2) is 0 Å². The molecule has 0 saturated carbocycles. The van der Waals surface area contributed by atoms with Crippen molar-refractivity contribution >= 4 is 39.5 Å². The van der Waals surface area contributed by atoms with E-state index in [-0.39, 0.29) is 65.0 Å². The predicted octanol–water partition coefficient (Wildman–Crippen LogP) is -8.69. The van der Waals surface area contributed by atoms with Crippen LogP contribution in [0.3, 0.4) is 0 Å². The first-order valence-electron chi connectivity index (χ1n) is 1.45. The van der Waals surface area contributed by atoms with Crippen LogP contribution in [0.2, 0.25) is 0 Å². The number of hydrogen-bond donors (Lipinski definition) is 2. The Bertz CT molecular complexity index is 172. The fraction of sp³-hybridized carbons (Fsp3) is 0. The maximum atomic E-state index is 9.00. The van der Waals surface area contributed by atoms with E-state index < -0.39 is 16.4 Å². The fourth-order valence-corrected chi connectivity index (χ4v) is 0. The molecule has 0 aromatic rings. The number of carbonyl (C=O) groups is 1. The van der Waals surface area contributed by atoms with E-state index in [4.69, 9.17) is 22.3 Å². The number of rotatable bonds is 0. The molecule has 12 heavy (non-hydrogen) atoms. The fourth-order valence-electron chi connectivity index (χ4n) is 0. The Balaban J connectivity index is -0.0000000221. The molecular weight excluding hydrogens is 235 g/mol. The van der Waals surface area contributed by atoms with Crippen LogP contribution in [-0.4, -0.2) is 46.6 Å². The van der Waals surface area contributed by atoms with Gasteiger partial charge in [-0.1, -0.05) is 0 Å². The normalized spacial score (nSPS) is 6.83. The van der Waals surface area contributed by atoms with Gasteiger partial charge in [0.15, 0.2) is 0 Å². The first-order chi connectivity index (χ1) is 3.73. The van der Waals surface area contributed by atoms with Gasteiger partial charge in [-0.05, 0) is 0 Å². The summed E-state index contributed by atoms with van der Waals surface area (Å²) in [6, 6.07) is -0.833. The van der Waals surface area contributed by atoms with Crippen LogP contribution in [0.25, 0.3) is 0 Å². The maximum Gasteiger partial charge on any atom is 2.00 e. The van der Waals surface area contributed by atoms with Gasteiger partial charge in [0.05, 0.1) is 0 Å². The van der Waals surface area contributed by atoms with E-state index in [0.717, 1.165) is 0 Å². The van der Waals surface area contributed by atoms with Gasteiger partial charge < -0.3 is 33.0 Å². The van der Waals surface area contributed by atoms with Gasteiger partial charge in [-0.2, -0.15) is 0 Å². The molecule has 0 rings (SSSR count). The standard InChI is InChI=1S/CH4N2O.ClH.Mg.Na.H2O4S/c2-1(3)4;;;;1-5(2,3)4/h(H4,2,3,4);1H;;;(H2,1,2,3,4)/q;;+2;+1;/p-3. The number of hydrogen-bond acceptors (Lipinski definition) is 5. The van der Waals surface area contributed by atoms with Crippen molar-refractivity contribution in [3.05, 3.63) is 0 Å². The summed E-state index contributed by atoms with van der Waals surface area (Å²) in [7, 11) is -5.17. The molecule has 0 bridgehead atoms. The van der Waals surface area contributed by atoms with E-state index in [1.54, 1.807) is 0 Å². The molecule has 0 heterocycles. The number of nitrogens with two attached hydrogens (primary N) is 2. The second-order valence-corrected chi connectivity index (χ2v) is 1.63. The van der Waals surface area contributed by atoms with E-state index in [9.17, 15) is 0 Å². The molecule has 0 saturated heterocycles. The van der Waals surface area contributed by atoms with Crippen LogP contribution in [-0.2, 0) is 10.4 Å². The minimum Gasteiger partial charge on any atom is -1.00 e. The molecule has 0 aromatic heterocycles. The SMILES string of the molecule is NC(N)=O.O=S(=O)([O-])[O-].[Cl-].[Mg+2].[Na+]. The molecule has 0 aliphatic rings. The van der Waals surface area contributed by atoms with E-state index in [2.05, 4.69) is 11.5 Å². The number of carbonyl (C=O) groups excluding carboxylic acids is 1. The topological polar surface area (TPSA) is 149 Å². The Kier molecular flexibility index (Phi) is 35.8. The monoisotopic (exact) mass is 238 g/mol. The van der Waals surface area contributed by atoms with Crippen molar-refractivity contribution in [2.24, 2.45) is 11.5 Å². The van der Waals surface area contributed by atoms with Crippen LogP contribution in [0.5, 0.6) is 0 Å². The van der Waals surface area contributed by atoms with E-state index in [1.807, 2.05) is 0 Å². The van der Waals surface area contributed by atoms with Gasteiger partial charge in [0.25, 0.3) is 0 Å². The van der Waals surface area contributed by atoms with Crippen LogP contribution in [0.4, 0.5) is 4.79 Å². The third kappa shape index (κ3) is 813. The Morgan fingerprint density at radius 3 is 1.17 bits per heavy atom. The Morgan fingerprint density at radius 2 is 1.17 bits per heavy atom. The number of primary amides is 2. The molecule has 0 fully saturated rings. The third-order valence-electron chi connectivity index (χ3n) is 0. The van der Waals surface area contributed by atoms with Gasteiger partial charge in [0.2, 0.25) is 0 Å². The molecule has 4 N–H and O–H groups in total. The van der Waals surface area contributed by atoms with Crippen molar-refractivity contribution in [3.8, 4) is 0 Å². The smallest absolute Gasteiger partial charge is 1.00 e. The third-order valence-corrected chi connectivity index (χ3v) is 0. The van der Waals surface area contributed by atoms with Gasteiger partial charge in [-0.25, -0.2) is 4.79 Å². The van der Waals surface area contributed by atoms with Crippen LogP contribution in [0, 0.1) is 0 Å². The van der Waals surface area contributed by atoms with Gasteiger partial charge in [-0.15, -0.1) is 0 Å². The molecule has 64 valence electrons. The molecular formula is CH4ClMgN2NaO5S. The average Bonchev–Trinajstić information content (AvgIpc) is 1.19. The van der Waals surface area contributed by atoms with Crippen molar-refractivity contribution in [2.45, 2.75) is 0 Å². The summed E-state index contributed by atoms with van der Waals surface area (Å²) in [4.78, 5) is 9.00. The van der Waals surface area contributed by atoms with Crippen LogP contribution >= 0.6 is 0 Å². The Hall–Kier alpha value is 1.20. The minimum absolute atomic E-state index is 0. The van der Waals surface area contributed by atoms with E-state index in [0.29, 0.717) is 0 Å². The second kappa shape index (κ2) is 14.7. The number of urea groups is 1. The van der Waals surface area contributed by atoms with Crippen molar-refractivity contribution in [3.63, 3.8) is 0 Å². The van der Waals surface area contributed by atoms with Gasteiger partial charge in [-0.3, -0.25) is 8.42 Å². The largest absolute Gasteiger partial charge is 2.00 e. The molecule has 11 heteroatoms. The van der Waals surface area contributed by atoms with Crippen LogP contribution < -0.4 is 53.4 Å². The first-order valence-corrected chi connectivity index (χ1v) is 2.78. The molecule has 0 radical (unpaired) electrons. The number of amides is 2.